The summed E-state index contributed by atoms with van der Waals surface area (Å²) in [6.07, 6.45) is -0.0469. The summed E-state index contributed by atoms with van der Waals surface area (Å²) >= 11 is 5.97. The van der Waals surface area contributed by atoms with Crippen LogP contribution in [0.3, 0.4) is 0 Å². The maximum Gasteiger partial charge on any atom is 0.227 e. The summed E-state index contributed by atoms with van der Waals surface area (Å²) in [4.78, 5) is 12.4. The van der Waals surface area contributed by atoms with Gasteiger partial charge in [0.05, 0.1) is 15.7 Å². The van der Waals surface area contributed by atoms with E-state index < -0.39 is 21.9 Å². The molecule has 0 bridgehead atoms. The predicted octanol–water partition coefficient (Wildman–Crippen LogP) is 3.38. The fraction of sp³-hybridized carbons (Fsp3) is 0.190. The van der Waals surface area contributed by atoms with Gasteiger partial charge >= 0.3 is 0 Å². The lowest BCUT2D eigenvalue weighted by Gasteiger charge is -2.11. The summed E-state index contributed by atoms with van der Waals surface area (Å²) in [7, 11) is -3.67. The molecule has 0 aliphatic rings. The second-order valence-electron chi connectivity index (χ2n) is 6.26. The molecule has 3 aromatic rings. The highest BCUT2D eigenvalue weighted by Gasteiger charge is 2.20. The summed E-state index contributed by atoms with van der Waals surface area (Å²) in [5, 5.41) is 9.69. The van der Waals surface area contributed by atoms with E-state index in [0.717, 1.165) is 5.56 Å². The van der Waals surface area contributed by atoms with Gasteiger partial charge in [-0.2, -0.15) is 0 Å². The van der Waals surface area contributed by atoms with Crippen LogP contribution in [0.4, 0.5) is 0 Å². The Labute approximate surface area is 173 Å². The van der Waals surface area contributed by atoms with Gasteiger partial charge in [-0.25, -0.2) is 8.42 Å². The molecular weight excluding hydrogens is 416 g/mol. The van der Waals surface area contributed by atoms with Gasteiger partial charge in [-0.05, 0) is 17.7 Å². The number of rotatable bonds is 8. The summed E-state index contributed by atoms with van der Waals surface area (Å²) in [5.74, 6) is -0.288. The Bertz CT molecular complexity index is 1140. The monoisotopic (exact) mass is 434 g/mol. The van der Waals surface area contributed by atoms with Gasteiger partial charge in [0.15, 0.2) is 15.6 Å². The van der Waals surface area contributed by atoms with Crippen LogP contribution in [0.5, 0.6) is 5.75 Å². The first kappa shape index (κ1) is 21.1. The molecule has 0 radical (unpaired) electrons. The fourth-order valence-corrected chi connectivity index (χ4v) is 4.56. The first-order chi connectivity index (χ1) is 13.9. The van der Waals surface area contributed by atoms with Crippen molar-refractivity contribution in [2.45, 2.75) is 24.5 Å². The second kappa shape index (κ2) is 9.26. The number of benzene rings is 2. The standard InChI is InChI=1S/C21H19ClO6S/c22-17-8-4-5-9-20(17)29(25,26)11-10-16-12-18(24)21(19(13-23)28-16)27-14-15-6-2-1-3-7-15/h1-9,12,23H,10-11,13-14H2. The molecule has 0 fully saturated rings. The first-order valence-corrected chi connectivity index (χ1v) is 10.8. The molecule has 0 saturated heterocycles. The van der Waals surface area contributed by atoms with Crippen molar-refractivity contribution in [3.8, 4) is 5.75 Å². The quantitative estimate of drug-likeness (QED) is 0.584. The van der Waals surface area contributed by atoms with E-state index in [9.17, 15) is 18.3 Å². The van der Waals surface area contributed by atoms with E-state index in [4.69, 9.17) is 20.8 Å². The average molecular weight is 435 g/mol. The molecule has 1 aromatic heterocycles. The van der Waals surface area contributed by atoms with Crippen molar-refractivity contribution < 1.29 is 22.7 Å². The van der Waals surface area contributed by atoms with Crippen LogP contribution in [0, 0.1) is 0 Å². The van der Waals surface area contributed by atoms with Crippen LogP contribution in [-0.2, 0) is 29.5 Å². The van der Waals surface area contributed by atoms with Gasteiger partial charge in [0.25, 0.3) is 0 Å². The molecule has 0 atom stereocenters. The van der Waals surface area contributed by atoms with E-state index in [1.54, 1.807) is 12.1 Å². The van der Waals surface area contributed by atoms with Crippen LogP contribution >= 0.6 is 11.6 Å². The third-order valence-electron chi connectivity index (χ3n) is 4.18. The van der Waals surface area contributed by atoms with Crippen LogP contribution in [-0.4, -0.2) is 19.3 Å². The van der Waals surface area contributed by atoms with E-state index in [-0.39, 0.29) is 46.0 Å². The fourth-order valence-electron chi connectivity index (χ4n) is 2.73. The highest BCUT2D eigenvalue weighted by atomic mass is 35.5. The summed E-state index contributed by atoms with van der Waals surface area (Å²) in [5.41, 5.74) is 0.368. The number of hydrogen-bond acceptors (Lipinski definition) is 6. The summed E-state index contributed by atoms with van der Waals surface area (Å²) in [6, 6.07) is 16.6. The van der Waals surface area contributed by atoms with Gasteiger partial charge in [-0.3, -0.25) is 4.79 Å². The SMILES string of the molecule is O=c1cc(CCS(=O)(=O)c2ccccc2Cl)oc(CO)c1OCc1ccccc1. The van der Waals surface area contributed by atoms with Crippen molar-refractivity contribution in [2.24, 2.45) is 0 Å². The van der Waals surface area contributed by atoms with E-state index in [1.807, 2.05) is 30.3 Å². The van der Waals surface area contributed by atoms with Crippen molar-refractivity contribution in [2.75, 3.05) is 5.75 Å². The second-order valence-corrected chi connectivity index (χ2v) is 8.75. The number of ether oxygens (including phenoxy) is 1. The minimum atomic E-state index is -3.67. The van der Waals surface area contributed by atoms with E-state index in [2.05, 4.69) is 0 Å². The Kier molecular flexibility index (Phi) is 6.74. The van der Waals surface area contributed by atoms with Crippen LogP contribution in [0.15, 0.2) is 74.8 Å². The van der Waals surface area contributed by atoms with Gasteiger partial charge in [0.2, 0.25) is 11.2 Å². The van der Waals surface area contributed by atoms with E-state index >= 15 is 0 Å². The maximum absolute atomic E-state index is 12.5. The molecular formula is C21H19ClO6S. The summed E-state index contributed by atoms with van der Waals surface area (Å²) in [6.45, 7) is -0.413. The lowest BCUT2D eigenvalue weighted by atomic mass is 10.2. The van der Waals surface area contributed by atoms with Gasteiger partial charge in [0.1, 0.15) is 19.0 Å². The molecule has 0 saturated carbocycles. The Balaban J connectivity index is 1.76. The third kappa shape index (κ3) is 5.26. The van der Waals surface area contributed by atoms with Gasteiger partial charge in [0, 0.05) is 12.5 Å². The molecule has 1 N–H and O–H groups in total. The zero-order valence-corrected chi connectivity index (χ0v) is 16.9. The minimum Gasteiger partial charge on any atom is -0.482 e. The van der Waals surface area contributed by atoms with Crippen molar-refractivity contribution in [3.05, 3.63) is 93.0 Å². The Morgan fingerprint density at radius 1 is 1.03 bits per heavy atom. The number of halogens is 1. The average Bonchev–Trinajstić information content (AvgIpc) is 2.72. The predicted molar refractivity (Wildman–Crippen MR) is 109 cm³/mol. The van der Waals surface area contributed by atoms with Gasteiger partial charge in [-0.1, -0.05) is 54.1 Å². The van der Waals surface area contributed by atoms with Gasteiger partial charge in [-0.15, -0.1) is 0 Å². The highest BCUT2D eigenvalue weighted by molar-refractivity contribution is 7.91. The largest absolute Gasteiger partial charge is 0.482 e. The minimum absolute atomic E-state index is 0.0224. The Hall–Kier alpha value is -2.61. The molecule has 0 unspecified atom stereocenters. The number of sulfone groups is 1. The van der Waals surface area contributed by atoms with Crippen molar-refractivity contribution in [3.63, 3.8) is 0 Å². The number of aryl methyl sites for hydroxylation is 1. The van der Waals surface area contributed by atoms with Crippen molar-refractivity contribution >= 4 is 21.4 Å². The molecule has 3 rings (SSSR count). The smallest absolute Gasteiger partial charge is 0.227 e. The number of aliphatic hydroxyl groups excluding tert-OH is 1. The van der Waals surface area contributed by atoms with Crippen LogP contribution in [0.1, 0.15) is 17.1 Å². The molecule has 1 heterocycles. The van der Waals surface area contributed by atoms with Crippen molar-refractivity contribution in [1.29, 1.82) is 0 Å². The Morgan fingerprint density at radius 2 is 1.72 bits per heavy atom. The number of aliphatic hydroxyl groups is 1. The lowest BCUT2D eigenvalue weighted by Crippen LogP contribution is -2.14. The summed E-state index contributed by atoms with van der Waals surface area (Å²) < 4.78 is 36.1. The first-order valence-electron chi connectivity index (χ1n) is 8.81. The molecule has 0 aliphatic carbocycles. The molecule has 2 aromatic carbocycles. The zero-order chi connectivity index (χ0) is 20.9. The van der Waals surface area contributed by atoms with E-state index in [0.29, 0.717) is 0 Å². The maximum atomic E-state index is 12.5. The molecule has 0 spiro atoms. The number of hydrogen-bond donors (Lipinski definition) is 1. The van der Waals surface area contributed by atoms with Crippen LogP contribution < -0.4 is 10.2 Å². The molecule has 6 nitrogen and oxygen atoms in total. The van der Waals surface area contributed by atoms with Crippen LogP contribution in [0.2, 0.25) is 5.02 Å². The third-order valence-corrected chi connectivity index (χ3v) is 6.39. The molecule has 0 amide bonds. The molecule has 29 heavy (non-hydrogen) atoms. The molecule has 8 heteroatoms. The normalized spacial score (nSPS) is 11.4. The Morgan fingerprint density at radius 3 is 2.41 bits per heavy atom. The highest BCUT2D eigenvalue weighted by Crippen LogP contribution is 2.23. The zero-order valence-electron chi connectivity index (χ0n) is 15.4. The topological polar surface area (TPSA) is 93.8 Å². The van der Waals surface area contributed by atoms with E-state index in [1.165, 1.54) is 18.2 Å². The molecule has 152 valence electrons. The van der Waals surface area contributed by atoms with Gasteiger partial charge < -0.3 is 14.3 Å². The molecule has 0 aliphatic heterocycles. The van der Waals surface area contributed by atoms with Crippen LogP contribution in [0.25, 0.3) is 0 Å². The lowest BCUT2D eigenvalue weighted by molar-refractivity contribution is 0.213. The van der Waals surface area contributed by atoms with Crippen molar-refractivity contribution in [1.82, 2.24) is 0 Å².